The highest BCUT2D eigenvalue weighted by Gasteiger charge is 2.32. The first-order valence-electron chi connectivity index (χ1n) is 27.2. The van der Waals surface area contributed by atoms with Crippen molar-refractivity contribution in [2.75, 3.05) is 0 Å². The molecule has 2 heteroatoms. The van der Waals surface area contributed by atoms with Crippen LogP contribution in [0.5, 0.6) is 11.5 Å². The zero-order valence-corrected chi connectivity index (χ0v) is 43.9. The topological polar surface area (TPSA) is 40.5 Å². The van der Waals surface area contributed by atoms with Gasteiger partial charge in [0.2, 0.25) is 0 Å². The third-order valence-corrected chi connectivity index (χ3v) is 15.3. The molecule has 0 aliphatic rings. The molecule has 0 heterocycles. The average Bonchev–Trinajstić information content (AvgIpc) is 3.58. The van der Waals surface area contributed by atoms with Gasteiger partial charge in [-0.05, 0) is 158 Å². The van der Waals surface area contributed by atoms with Crippen LogP contribution in [-0.4, -0.2) is 10.2 Å². The molecule has 0 saturated heterocycles. The van der Waals surface area contributed by atoms with Gasteiger partial charge >= 0.3 is 0 Å². The molecule has 80 heavy (non-hydrogen) atoms. The predicted molar refractivity (Wildman–Crippen MR) is 335 cm³/mol. The molecule has 378 valence electrons. The van der Waals surface area contributed by atoms with Gasteiger partial charge in [-0.25, -0.2) is 0 Å². The van der Waals surface area contributed by atoms with Crippen molar-refractivity contribution < 1.29 is 10.2 Å². The molecule has 0 fully saturated rings. The fourth-order valence-electron chi connectivity index (χ4n) is 11.9. The van der Waals surface area contributed by atoms with Gasteiger partial charge in [0.25, 0.3) is 0 Å². The molecule has 0 radical (unpaired) electrons. The van der Waals surface area contributed by atoms with Crippen LogP contribution in [0, 0.1) is 0 Å². The minimum Gasteiger partial charge on any atom is -0.508 e. The van der Waals surface area contributed by atoms with Crippen LogP contribution in [0.2, 0.25) is 0 Å². The maximum atomic E-state index is 10.9. The average molecular weight is 1020 g/mol. The first kappa shape index (κ1) is 49.1. The lowest BCUT2D eigenvalue weighted by Crippen LogP contribution is -2.03. The maximum Gasteiger partial charge on any atom is 0.115 e. The Kier molecular flexibility index (Phi) is 13.4. The van der Waals surface area contributed by atoms with Crippen molar-refractivity contribution >= 4 is 0 Å². The quantitative estimate of drug-likeness (QED) is 0.128. The van der Waals surface area contributed by atoms with Crippen molar-refractivity contribution in [3.8, 4) is 145 Å². The third kappa shape index (κ3) is 9.25. The summed E-state index contributed by atoms with van der Waals surface area (Å²) < 4.78 is 0. The Bertz CT molecular complexity index is 4140. The highest BCUT2D eigenvalue weighted by molar-refractivity contribution is 6.17. The van der Waals surface area contributed by atoms with Gasteiger partial charge in [0.05, 0.1) is 0 Å². The molecule has 0 aliphatic carbocycles. The lowest BCUT2D eigenvalue weighted by atomic mass is 9.73. The molecule has 0 amide bonds. The summed E-state index contributed by atoms with van der Waals surface area (Å²) in [5.74, 6) is 0.425. The summed E-state index contributed by atoms with van der Waals surface area (Å²) in [7, 11) is 0. The SMILES string of the molecule is Oc1ccc(-c2c(-c3ccccc3)c(-c3ccccc3)c(-c3ccc(-c4c(-c5ccccc5)c(-c5ccccc5)c(-c5ccccc5)c(-c5ccc(O)cc5)c4-c4ccccc4)cc3)c(-c3ccccc3)c2-c2ccccc2)cc1. The fraction of sp³-hybridized carbons (Fsp3) is 0. The molecule has 13 aromatic rings. The van der Waals surface area contributed by atoms with E-state index in [4.69, 9.17) is 0 Å². The minimum absolute atomic E-state index is 0.211. The van der Waals surface area contributed by atoms with E-state index in [2.05, 4.69) is 291 Å². The van der Waals surface area contributed by atoms with Crippen LogP contribution in [0.3, 0.4) is 0 Å². The molecule has 13 rings (SSSR count). The van der Waals surface area contributed by atoms with E-state index in [-0.39, 0.29) is 11.5 Å². The fourth-order valence-corrected chi connectivity index (χ4v) is 11.9. The number of rotatable bonds is 12. The van der Waals surface area contributed by atoms with E-state index in [1.165, 1.54) is 0 Å². The summed E-state index contributed by atoms with van der Waals surface area (Å²) >= 11 is 0. The van der Waals surface area contributed by atoms with Crippen LogP contribution in [0.15, 0.2) is 315 Å². The van der Waals surface area contributed by atoms with E-state index in [1.807, 2.05) is 0 Å². The Morgan fingerprint density at radius 2 is 0.212 bits per heavy atom. The van der Waals surface area contributed by atoms with E-state index in [1.54, 1.807) is 24.3 Å². The number of aromatic hydroxyl groups is 2. The summed E-state index contributed by atoms with van der Waals surface area (Å²) in [5, 5.41) is 21.7. The molecule has 13 aromatic carbocycles. The normalized spacial score (nSPS) is 11.1. The van der Waals surface area contributed by atoms with Crippen LogP contribution < -0.4 is 0 Å². The highest BCUT2D eigenvalue weighted by atomic mass is 16.3. The van der Waals surface area contributed by atoms with Gasteiger partial charge in [0.15, 0.2) is 0 Å². The first-order valence-corrected chi connectivity index (χ1v) is 27.2. The Balaban J connectivity index is 1.21. The molecule has 2 N–H and O–H groups in total. The van der Waals surface area contributed by atoms with Crippen molar-refractivity contribution in [3.05, 3.63) is 315 Å². The Morgan fingerprint density at radius 1 is 0.113 bits per heavy atom. The smallest absolute Gasteiger partial charge is 0.115 e. The second kappa shape index (κ2) is 21.8. The van der Waals surface area contributed by atoms with E-state index >= 15 is 0 Å². The summed E-state index contributed by atoms with van der Waals surface area (Å²) in [6.07, 6.45) is 0. The molecule has 0 atom stereocenters. The summed E-state index contributed by atoms with van der Waals surface area (Å²) in [5.41, 5.74) is 26.0. The number of phenolic OH excluding ortho intramolecular Hbond substituents is 2. The van der Waals surface area contributed by atoms with E-state index in [0.717, 1.165) is 134 Å². The van der Waals surface area contributed by atoms with Gasteiger partial charge in [-0.1, -0.05) is 291 Å². The van der Waals surface area contributed by atoms with Crippen LogP contribution in [0.4, 0.5) is 0 Å². The maximum absolute atomic E-state index is 10.9. The van der Waals surface area contributed by atoms with Crippen LogP contribution >= 0.6 is 0 Å². The van der Waals surface area contributed by atoms with Gasteiger partial charge in [-0.15, -0.1) is 0 Å². The van der Waals surface area contributed by atoms with E-state index in [0.29, 0.717) is 0 Å². The molecule has 0 unspecified atom stereocenters. The summed E-state index contributed by atoms with van der Waals surface area (Å²) in [6, 6.07) is 111. The molecule has 2 nitrogen and oxygen atoms in total. The third-order valence-electron chi connectivity index (χ3n) is 15.3. The Labute approximate surface area is 468 Å². The molecular weight excluding hydrogens is 969 g/mol. The number of benzene rings is 13. The molecule has 0 saturated carbocycles. The Morgan fingerprint density at radius 3 is 0.338 bits per heavy atom. The van der Waals surface area contributed by atoms with Crippen LogP contribution in [0.1, 0.15) is 0 Å². The van der Waals surface area contributed by atoms with Gasteiger partial charge < -0.3 is 10.2 Å². The lowest BCUT2D eigenvalue weighted by Gasteiger charge is -2.29. The summed E-state index contributed by atoms with van der Waals surface area (Å²) in [4.78, 5) is 0. The van der Waals surface area contributed by atoms with Gasteiger partial charge in [-0.3, -0.25) is 0 Å². The van der Waals surface area contributed by atoms with Crippen molar-refractivity contribution in [1.82, 2.24) is 0 Å². The first-order chi connectivity index (χ1) is 39.6. The number of hydrogen-bond acceptors (Lipinski definition) is 2. The van der Waals surface area contributed by atoms with Crippen molar-refractivity contribution in [3.63, 3.8) is 0 Å². The highest BCUT2D eigenvalue weighted by Crippen LogP contribution is 2.59. The van der Waals surface area contributed by atoms with Gasteiger partial charge in [-0.2, -0.15) is 0 Å². The van der Waals surface area contributed by atoms with Gasteiger partial charge in [0.1, 0.15) is 11.5 Å². The van der Waals surface area contributed by atoms with Crippen LogP contribution in [-0.2, 0) is 0 Å². The monoisotopic (exact) mass is 1020 g/mol. The standard InChI is InChI=1S/C78H54O2/c79-65-49-45-63(46-50-65)77-72(58-35-19-6-20-36-58)70(56-31-15-4-16-32-56)75(71(57-33-17-5-18-34-57)73(77)59-37-21-7-22-38-59)61-41-43-62(44-42-61)76-68(54-27-11-2-12-28-54)67(53-25-9-1-10-26-53)69(55-29-13-3-14-30-55)78(64-47-51-66(80)52-48-64)74(76)60-39-23-8-24-40-60/h1-52,79-80H. The molecule has 0 aliphatic heterocycles. The number of phenols is 2. The van der Waals surface area contributed by atoms with Crippen molar-refractivity contribution in [2.24, 2.45) is 0 Å². The predicted octanol–water partition coefficient (Wildman–Crippen LogP) is 21.1. The lowest BCUT2D eigenvalue weighted by molar-refractivity contribution is 0.475. The zero-order chi connectivity index (χ0) is 53.8. The molecule has 0 bridgehead atoms. The molecule has 0 aromatic heterocycles. The van der Waals surface area contributed by atoms with Crippen molar-refractivity contribution in [1.29, 1.82) is 0 Å². The Hall–Kier alpha value is -10.5. The summed E-state index contributed by atoms with van der Waals surface area (Å²) in [6.45, 7) is 0. The zero-order valence-electron chi connectivity index (χ0n) is 43.9. The second-order valence-corrected chi connectivity index (χ2v) is 20.1. The minimum atomic E-state index is 0.211. The number of hydrogen-bond donors (Lipinski definition) is 2. The largest absolute Gasteiger partial charge is 0.508 e. The van der Waals surface area contributed by atoms with Crippen LogP contribution in [0.25, 0.3) is 134 Å². The second-order valence-electron chi connectivity index (χ2n) is 20.1. The molecular formula is C78H54O2. The van der Waals surface area contributed by atoms with Crippen molar-refractivity contribution in [2.45, 2.75) is 0 Å². The van der Waals surface area contributed by atoms with E-state index in [9.17, 15) is 10.2 Å². The molecule has 0 spiro atoms. The van der Waals surface area contributed by atoms with Gasteiger partial charge in [0, 0.05) is 0 Å². The van der Waals surface area contributed by atoms with E-state index < -0.39 is 0 Å².